The van der Waals surface area contributed by atoms with Crippen molar-refractivity contribution in [3.8, 4) is 10.6 Å². The average Bonchev–Trinajstić information content (AvgIpc) is 3.27. The number of amides is 1. The predicted molar refractivity (Wildman–Crippen MR) is 133 cm³/mol. The van der Waals surface area contributed by atoms with Crippen LogP contribution < -0.4 is 5.32 Å². The second-order valence-electron chi connectivity index (χ2n) is 6.09. The van der Waals surface area contributed by atoms with Crippen molar-refractivity contribution < 1.29 is 4.79 Å². The largest absolute Gasteiger partial charge is 0.352 e. The lowest BCUT2D eigenvalue weighted by Crippen LogP contribution is -2.25. The number of carbonyl (C=O) groups excluding carboxylic acids is 1. The molecule has 164 valence electrons. The lowest BCUT2D eigenvalue weighted by molar-refractivity contribution is 0.0954. The number of nitrogens with zero attached hydrogens (tertiary/aromatic N) is 1. The number of hydrogen-bond donors (Lipinski definition) is 1. The zero-order chi connectivity index (χ0) is 22.8. The molecule has 1 N–H and O–H groups in total. The van der Waals surface area contributed by atoms with E-state index in [9.17, 15) is 4.79 Å². The third-order valence-corrected chi connectivity index (χ3v) is 4.46. The first kappa shape index (κ1) is 27.5. The lowest BCUT2D eigenvalue weighted by atomic mass is 10.1. The molecule has 0 unspecified atom stereocenters. The highest BCUT2D eigenvalue weighted by Gasteiger charge is 2.07. The minimum atomic E-state index is -0.0350. The maximum absolute atomic E-state index is 12.1. The maximum atomic E-state index is 12.1. The molecule has 0 radical (unpaired) electrons. The molecule has 0 saturated heterocycles. The van der Waals surface area contributed by atoms with Gasteiger partial charge < -0.3 is 5.32 Å². The number of carbonyl (C=O) groups is 1. The first-order chi connectivity index (χ1) is 14.6. The summed E-state index contributed by atoms with van der Waals surface area (Å²) in [6.07, 6.45) is 1.99. The highest BCUT2D eigenvalue weighted by molar-refractivity contribution is 7.13. The Morgan fingerprint density at radius 2 is 1.60 bits per heavy atom. The first-order valence-electron chi connectivity index (χ1n) is 11.0. The monoisotopic (exact) mass is 426 g/mol. The van der Waals surface area contributed by atoms with Gasteiger partial charge in [-0.3, -0.25) is 4.79 Å². The van der Waals surface area contributed by atoms with Crippen molar-refractivity contribution in [3.05, 3.63) is 76.8 Å². The van der Waals surface area contributed by atoms with E-state index in [0.717, 1.165) is 28.2 Å². The van der Waals surface area contributed by atoms with Crippen LogP contribution in [0.2, 0.25) is 0 Å². The van der Waals surface area contributed by atoms with E-state index in [1.807, 2.05) is 77.1 Å². The van der Waals surface area contributed by atoms with Crippen LogP contribution in [0.5, 0.6) is 0 Å². The molecule has 3 rings (SSSR count). The minimum Gasteiger partial charge on any atom is -0.352 e. The van der Waals surface area contributed by atoms with E-state index in [1.54, 1.807) is 11.3 Å². The molecular weight excluding hydrogens is 388 g/mol. The SMILES string of the molecule is CC.CC.CCC.Cc1cccc(C(=O)NCCc2csc(-c3ccccc3)n2)c1. The Labute approximate surface area is 187 Å². The summed E-state index contributed by atoms with van der Waals surface area (Å²) in [5.41, 5.74) is 3.93. The zero-order valence-corrected chi connectivity index (χ0v) is 20.5. The van der Waals surface area contributed by atoms with Gasteiger partial charge in [0.1, 0.15) is 5.01 Å². The normalized spacial score (nSPS) is 9.03. The van der Waals surface area contributed by atoms with E-state index >= 15 is 0 Å². The van der Waals surface area contributed by atoms with Gasteiger partial charge >= 0.3 is 0 Å². The van der Waals surface area contributed by atoms with Gasteiger partial charge in [0, 0.05) is 29.5 Å². The second-order valence-corrected chi connectivity index (χ2v) is 6.95. The molecule has 3 aromatic rings. The number of thiazole rings is 1. The summed E-state index contributed by atoms with van der Waals surface area (Å²) in [7, 11) is 0. The van der Waals surface area contributed by atoms with E-state index in [2.05, 4.69) is 41.7 Å². The van der Waals surface area contributed by atoms with Gasteiger partial charge in [-0.05, 0) is 19.1 Å². The van der Waals surface area contributed by atoms with Crippen molar-refractivity contribution in [1.82, 2.24) is 10.3 Å². The van der Waals surface area contributed by atoms with Crippen LogP contribution in [0, 0.1) is 6.92 Å². The minimum absolute atomic E-state index is 0.0350. The van der Waals surface area contributed by atoms with Gasteiger partial charge in [-0.2, -0.15) is 0 Å². The molecule has 4 heteroatoms. The van der Waals surface area contributed by atoms with Crippen LogP contribution >= 0.6 is 11.3 Å². The van der Waals surface area contributed by atoms with Gasteiger partial charge in [-0.1, -0.05) is 96.0 Å². The molecule has 0 atom stereocenters. The Morgan fingerprint density at radius 1 is 0.967 bits per heavy atom. The smallest absolute Gasteiger partial charge is 0.251 e. The molecule has 0 aliphatic carbocycles. The van der Waals surface area contributed by atoms with Crippen molar-refractivity contribution in [2.75, 3.05) is 6.54 Å². The molecule has 0 fully saturated rings. The summed E-state index contributed by atoms with van der Waals surface area (Å²) in [5.74, 6) is -0.0350. The summed E-state index contributed by atoms with van der Waals surface area (Å²) < 4.78 is 0. The van der Waals surface area contributed by atoms with Gasteiger partial charge in [0.25, 0.3) is 5.91 Å². The van der Waals surface area contributed by atoms with E-state index < -0.39 is 0 Å². The third kappa shape index (κ3) is 10.4. The highest BCUT2D eigenvalue weighted by Crippen LogP contribution is 2.23. The predicted octanol–water partition coefficient (Wildman–Crippen LogP) is 7.56. The van der Waals surface area contributed by atoms with E-state index in [0.29, 0.717) is 12.1 Å². The van der Waals surface area contributed by atoms with Crippen LogP contribution in [0.1, 0.15) is 69.6 Å². The quantitative estimate of drug-likeness (QED) is 0.457. The number of hydrogen-bond acceptors (Lipinski definition) is 3. The van der Waals surface area contributed by atoms with Crippen molar-refractivity contribution in [2.24, 2.45) is 0 Å². The molecule has 0 bridgehead atoms. The Bertz CT molecular complexity index is 813. The maximum Gasteiger partial charge on any atom is 0.251 e. The van der Waals surface area contributed by atoms with Crippen LogP contribution in [-0.4, -0.2) is 17.4 Å². The van der Waals surface area contributed by atoms with Crippen molar-refractivity contribution in [3.63, 3.8) is 0 Å². The summed E-state index contributed by atoms with van der Waals surface area (Å²) in [5, 5.41) is 6.03. The third-order valence-electron chi connectivity index (χ3n) is 3.52. The molecule has 0 aliphatic rings. The van der Waals surface area contributed by atoms with Crippen LogP contribution in [0.15, 0.2) is 60.0 Å². The molecule has 1 heterocycles. The van der Waals surface area contributed by atoms with Gasteiger partial charge in [-0.25, -0.2) is 4.98 Å². The van der Waals surface area contributed by atoms with Crippen LogP contribution in [0.25, 0.3) is 10.6 Å². The molecular formula is C26H38N2OS. The summed E-state index contributed by atoms with van der Waals surface area (Å²) in [4.78, 5) is 16.7. The van der Waals surface area contributed by atoms with Gasteiger partial charge in [0.05, 0.1) is 5.69 Å². The summed E-state index contributed by atoms with van der Waals surface area (Å²) in [6, 6.07) is 17.7. The number of rotatable bonds is 5. The standard InChI is InChI=1S/C19H18N2OS.C3H8.2C2H6/c1-14-6-5-9-16(12-14)18(22)20-11-10-17-13-23-19(21-17)15-7-3-2-4-8-15;1-3-2;2*1-2/h2-9,12-13H,10-11H2,1H3,(H,20,22);3H2,1-2H3;2*1-2H3. The molecule has 1 amide bonds. The van der Waals surface area contributed by atoms with Crippen LogP contribution in [0.4, 0.5) is 0 Å². The number of benzene rings is 2. The van der Waals surface area contributed by atoms with Crippen molar-refractivity contribution in [2.45, 2.75) is 61.3 Å². The Balaban J connectivity index is 0.00000108. The van der Waals surface area contributed by atoms with Crippen molar-refractivity contribution >= 4 is 17.2 Å². The Kier molecular flexibility index (Phi) is 16.0. The lowest BCUT2D eigenvalue weighted by Gasteiger charge is -2.04. The molecule has 30 heavy (non-hydrogen) atoms. The second kappa shape index (κ2) is 17.4. The molecule has 3 nitrogen and oxygen atoms in total. The molecule has 1 aromatic heterocycles. The fourth-order valence-corrected chi connectivity index (χ4v) is 3.19. The van der Waals surface area contributed by atoms with Crippen LogP contribution in [0.3, 0.4) is 0 Å². The molecule has 0 saturated carbocycles. The fraction of sp³-hybridized carbons (Fsp3) is 0.385. The fourth-order valence-electron chi connectivity index (χ4n) is 2.33. The van der Waals surface area contributed by atoms with Crippen molar-refractivity contribution in [1.29, 1.82) is 0 Å². The first-order valence-corrected chi connectivity index (χ1v) is 11.9. The topological polar surface area (TPSA) is 42.0 Å². The van der Waals surface area contributed by atoms with E-state index in [-0.39, 0.29) is 5.91 Å². The molecule has 0 aliphatic heterocycles. The zero-order valence-electron chi connectivity index (χ0n) is 19.7. The Hall–Kier alpha value is -2.46. The van der Waals surface area contributed by atoms with Gasteiger partial charge in [-0.15, -0.1) is 11.3 Å². The van der Waals surface area contributed by atoms with Crippen LogP contribution in [-0.2, 0) is 6.42 Å². The number of aromatic nitrogens is 1. The van der Waals surface area contributed by atoms with E-state index in [1.165, 1.54) is 6.42 Å². The highest BCUT2D eigenvalue weighted by atomic mass is 32.1. The average molecular weight is 427 g/mol. The van der Waals surface area contributed by atoms with E-state index in [4.69, 9.17) is 0 Å². The number of nitrogens with one attached hydrogen (secondary N) is 1. The van der Waals surface area contributed by atoms with Gasteiger partial charge in [0.15, 0.2) is 0 Å². The summed E-state index contributed by atoms with van der Waals surface area (Å²) in [6.45, 7) is 14.8. The number of aryl methyl sites for hydroxylation is 1. The molecule has 2 aromatic carbocycles. The summed E-state index contributed by atoms with van der Waals surface area (Å²) >= 11 is 1.64. The van der Waals surface area contributed by atoms with Gasteiger partial charge in [0.2, 0.25) is 0 Å². The molecule has 0 spiro atoms. The Morgan fingerprint density at radius 3 is 2.20 bits per heavy atom.